The van der Waals surface area contributed by atoms with Crippen LogP contribution in [0.1, 0.15) is 19.3 Å². The fourth-order valence-electron chi connectivity index (χ4n) is 3.28. The van der Waals surface area contributed by atoms with Crippen LogP contribution in [0.4, 0.5) is 5.69 Å². The second-order valence-corrected chi connectivity index (χ2v) is 6.37. The zero-order valence-corrected chi connectivity index (χ0v) is 14.9. The Hall–Kier alpha value is -3.26. The highest BCUT2D eigenvalue weighted by molar-refractivity contribution is 6.00. The summed E-state index contributed by atoms with van der Waals surface area (Å²) in [7, 11) is 0. The van der Waals surface area contributed by atoms with Gasteiger partial charge in [0.25, 0.3) is 0 Å². The van der Waals surface area contributed by atoms with Crippen LogP contribution in [0.2, 0.25) is 0 Å². The molecule has 0 spiro atoms. The van der Waals surface area contributed by atoms with Gasteiger partial charge in [0.05, 0.1) is 30.9 Å². The number of amides is 2. The van der Waals surface area contributed by atoms with Gasteiger partial charge in [0.15, 0.2) is 11.5 Å². The van der Waals surface area contributed by atoms with E-state index in [9.17, 15) is 9.59 Å². The number of nitrogens with zero attached hydrogens (tertiary/aromatic N) is 4. The molecule has 8 nitrogen and oxygen atoms in total. The second-order valence-electron chi connectivity index (χ2n) is 6.37. The first-order valence-electron chi connectivity index (χ1n) is 8.86. The SMILES string of the molecule is N#CCCN(CCC#N)C(=O)C1CC(=O)N(c2ccc3c(c2)OCCO3)C1. The number of anilines is 1. The zero-order valence-electron chi connectivity index (χ0n) is 14.9. The van der Waals surface area contributed by atoms with E-state index in [1.54, 1.807) is 23.1 Å². The molecule has 140 valence electrons. The molecule has 1 saturated heterocycles. The lowest BCUT2D eigenvalue weighted by atomic mass is 10.1. The molecule has 2 aliphatic heterocycles. The normalized spacial score (nSPS) is 17.9. The molecule has 0 saturated carbocycles. The van der Waals surface area contributed by atoms with Gasteiger partial charge >= 0.3 is 0 Å². The average Bonchev–Trinajstić information content (AvgIpc) is 3.09. The number of fused-ring (bicyclic) bond motifs is 1. The number of rotatable bonds is 6. The molecule has 2 aliphatic rings. The van der Waals surface area contributed by atoms with Gasteiger partial charge < -0.3 is 19.3 Å². The molecule has 0 bridgehead atoms. The van der Waals surface area contributed by atoms with Gasteiger partial charge in [-0.2, -0.15) is 10.5 Å². The lowest BCUT2D eigenvalue weighted by Gasteiger charge is -2.24. The molecule has 1 unspecified atom stereocenters. The minimum atomic E-state index is -0.483. The third-order valence-corrected chi connectivity index (χ3v) is 4.61. The molecule has 2 amide bonds. The lowest BCUT2D eigenvalue weighted by Crippen LogP contribution is -2.38. The molecule has 8 heteroatoms. The first kappa shape index (κ1) is 18.5. The zero-order chi connectivity index (χ0) is 19.2. The Labute approximate surface area is 157 Å². The molecule has 1 aromatic rings. The molecule has 1 atom stereocenters. The number of hydrogen-bond acceptors (Lipinski definition) is 6. The minimum Gasteiger partial charge on any atom is -0.486 e. The predicted molar refractivity (Wildman–Crippen MR) is 94.9 cm³/mol. The van der Waals surface area contributed by atoms with Crippen LogP contribution in [-0.4, -0.2) is 49.6 Å². The van der Waals surface area contributed by atoms with E-state index < -0.39 is 5.92 Å². The monoisotopic (exact) mass is 368 g/mol. The lowest BCUT2D eigenvalue weighted by molar-refractivity contribution is -0.135. The van der Waals surface area contributed by atoms with E-state index in [1.165, 1.54) is 4.90 Å². The Morgan fingerprint density at radius 3 is 2.48 bits per heavy atom. The van der Waals surface area contributed by atoms with Gasteiger partial charge in [-0.25, -0.2) is 0 Å². The first-order valence-corrected chi connectivity index (χ1v) is 8.86. The topological polar surface area (TPSA) is 107 Å². The average molecular weight is 368 g/mol. The summed E-state index contributed by atoms with van der Waals surface area (Å²) in [5, 5.41) is 17.6. The van der Waals surface area contributed by atoms with Gasteiger partial charge in [-0.15, -0.1) is 0 Å². The van der Waals surface area contributed by atoms with Crippen LogP contribution in [0.5, 0.6) is 11.5 Å². The van der Waals surface area contributed by atoms with Gasteiger partial charge in [0.2, 0.25) is 11.8 Å². The van der Waals surface area contributed by atoms with Crippen molar-refractivity contribution in [2.45, 2.75) is 19.3 Å². The van der Waals surface area contributed by atoms with Crippen LogP contribution in [-0.2, 0) is 9.59 Å². The fourth-order valence-corrected chi connectivity index (χ4v) is 3.28. The van der Waals surface area contributed by atoms with Crippen molar-refractivity contribution < 1.29 is 19.1 Å². The van der Waals surface area contributed by atoms with Crippen molar-refractivity contribution in [3.8, 4) is 23.6 Å². The first-order chi connectivity index (χ1) is 13.1. The van der Waals surface area contributed by atoms with Crippen LogP contribution in [0.15, 0.2) is 18.2 Å². The van der Waals surface area contributed by atoms with Gasteiger partial charge in [-0.05, 0) is 12.1 Å². The molecule has 1 fully saturated rings. The Balaban J connectivity index is 1.71. The number of hydrogen-bond donors (Lipinski definition) is 0. The quantitative estimate of drug-likeness (QED) is 0.752. The summed E-state index contributed by atoms with van der Waals surface area (Å²) < 4.78 is 11.1. The Morgan fingerprint density at radius 2 is 1.81 bits per heavy atom. The van der Waals surface area contributed by atoms with E-state index in [2.05, 4.69) is 0 Å². The van der Waals surface area contributed by atoms with Crippen molar-refractivity contribution >= 4 is 17.5 Å². The van der Waals surface area contributed by atoms with Gasteiger partial charge in [-0.3, -0.25) is 9.59 Å². The maximum atomic E-state index is 12.8. The van der Waals surface area contributed by atoms with Crippen molar-refractivity contribution in [1.82, 2.24) is 4.90 Å². The van der Waals surface area contributed by atoms with Crippen LogP contribution < -0.4 is 14.4 Å². The number of carbonyl (C=O) groups excluding carboxylic acids is 2. The van der Waals surface area contributed by atoms with E-state index in [1.807, 2.05) is 12.1 Å². The summed E-state index contributed by atoms with van der Waals surface area (Å²) >= 11 is 0. The smallest absolute Gasteiger partial charge is 0.228 e. The summed E-state index contributed by atoms with van der Waals surface area (Å²) in [5.74, 6) is 0.428. The largest absolute Gasteiger partial charge is 0.486 e. The van der Waals surface area contributed by atoms with E-state index in [4.69, 9.17) is 20.0 Å². The Morgan fingerprint density at radius 1 is 1.15 bits per heavy atom. The number of nitriles is 2. The molecule has 27 heavy (non-hydrogen) atoms. The molecule has 1 aromatic carbocycles. The number of ether oxygens (including phenoxy) is 2. The molecule has 2 heterocycles. The Kier molecular flexibility index (Phi) is 5.77. The maximum Gasteiger partial charge on any atom is 0.228 e. The minimum absolute atomic E-state index is 0.114. The fraction of sp³-hybridized carbons (Fsp3) is 0.474. The summed E-state index contributed by atoms with van der Waals surface area (Å²) in [6.45, 7) is 1.76. The third-order valence-electron chi connectivity index (χ3n) is 4.61. The van der Waals surface area contributed by atoms with E-state index in [0.29, 0.717) is 30.4 Å². The van der Waals surface area contributed by atoms with Crippen molar-refractivity contribution in [3.05, 3.63) is 18.2 Å². The van der Waals surface area contributed by atoms with Gasteiger partial charge in [0, 0.05) is 37.8 Å². The summed E-state index contributed by atoms with van der Waals surface area (Å²) in [5.41, 5.74) is 0.667. The van der Waals surface area contributed by atoms with Gasteiger partial charge in [-0.1, -0.05) is 0 Å². The highest BCUT2D eigenvalue weighted by Gasteiger charge is 2.37. The van der Waals surface area contributed by atoms with Crippen molar-refractivity contribution in [1.29, 1.82) is 10.5 Å². The molecular weight excluding hydrogens is 348 g/mol. The van der Waals surface area contributed by atoms with Crippen molar-refractivity contribution in [2.24, 2.45) is 5.92 Å². The van der Waals surface area contributed by atoms with Crippen LogP contribution in [0, 0.1) is 28.6 Å². The summed E-state index contributed by atoms with van der Waals surface area (Å²) in [6, 6.07) is 9.32. The molecular formula is C19H20N4O4. The van der Waals surface area contributed by atoms with Crippen molar-refractivity contribution in [3.63, 3.8) is 0 Å². The Bertz CT molecular complexity index is 793. The molecule has 0 radical (unpaired) electrons. The third kappa shape index (κ3) is 4.12. The summed E-state index contributed by atoms with van der Waals surface area (Å²) in [4.78, 5) is 28.4. The van der Waals surface area contributed by atoms with Crippen LogP contribution in [0.25, 0.3) is 0 Å². The van der Waals surface area contributed by atoms with E-state index in [-0.39, 0.29) is 50.7 Å². The molecule has 0 N–H and O–H groups in total. The van der Waals surface area contributed by atoms with Gasteiger partial charge in [0.1, 0.15) is 13.2 Å². The maximum absolute atomic E-state index is 12.8. The summed E-state index contributed by atoms with van der Waals surface area (Å²) in [6.07, 6.45) is 0.510. The van der Waals surface area contributed by atoms with Crippen LogP contribution in [0.3, 0.4) is 0 Å². The van der Waals surface area contributed by atoms with E-state index >= 15 is 0 Å². The van der Waals surface area contributed by atoms with Crippen molar-refractivity contribution in [2.75, 3.05) is 37.7 Å². The number of benzene rings is 1. The standard InChI is InChI=1S/C19H20N4O4/c20-5-1-7-22(8-2-6-21)19(25)14-11-18(24)23(13-14)15-3-4-16-17(12-15)27-10-9-26-16/h3-4,12,14H,1-2,7-11,13H2. The molecule has 0 aromatic heterocycles. The van der Waals surface area contributed by atoms with Crippen LogP contribution >= 0.6 is 0 Å². The molecule has 0 aliphatic carbocycles. The second kappa shape index (κ2) is 8.41. The number of carbonyl (C=O) groups is 2. The highest BCUT2D eigenvalue weighted by atomic mass is 16.6. The highest BCUT2D eigenvalue weighted by Crippen LogP contribution is 2.36. The molecule has 3 rings (SSSR count). The predicted octanol–water partition coefficient (Wildman–Crippen LogP) is 1.47. The van der Waals surface area contributed by atoms with E-state index in [0.717, 1.165) is 0 Å².